The number of hydrogen-bond donors (Lipinski definition) is 5. The van der Waals surface area contributed by atoms with Crippen molar-refractivity contribution in [2.45, 2.75) is 0 Å². The summed E-state index contributed by atoms with van der Waals surface area (Å²) in [5, 5.41) is 31.1. The van der Waals surface area contributed by atoms with Crippen LogP contribution < -0.4 is 10.2 Å². The van der Waals surface area contributed by atoms with Crippen molar-refractivity contribution in [3.8, 4) is 28.5 Å². The number of halogens is 2. The highest BCUT2D eigenvalue weighted by Gasteiger charge is 2.14. The molecule has 2 heterocycles. The van der Waals surface area contributed by atoms with E-state index in [1.165, 1.54) is 0 Å². The van der Waals surface area contributed by atoms with E-state index in [0.29, 0.717) is 11.0 Å². The standard InChI is InChI=1S/C22H20N4O4.2BrH/c1-26(2)14-5-3-12(4-6-14)15-7-8-16-17(24-15)11-18(25-16)22(30)23-13-9-19(27)21(29)20(28)10-13;;/h3-11,25,27-29H,1-2H3,(H,23,30);2*1H. The van der Waals surface area contributed by atoms with Crippen LogP contribution in [0.1, 0.15) is 10.5 Å². The number of carbonyl (C=O) groups is 1. The number of hydrogen-bond acceptors (Lipinski definition) is 6. The van der Waals surface area contributed by atoms with Gasteiger partial charge in [-0.2, -0.15) is 0 Å². The molecule has 5 N–H and O–H groups in total. The Kier molecular flexibility index (Phi) is 7.76. The second-order valence-electron chi connectivity index (χ2n) is 7.07. The first-order valence-corrected chi connectivity index (χ1v) is 9.15. The van der Waals surface area contributed by atoms with Crippen molar-refractivity contribution in [1.29, 1.82) is 0 Å². The molecule has 4 rings (SSSR count). The Bertz CT molecular complexity index is 1230. The summed E-state index contributed by atoms with van der Waals surface area (Å²) in [5.74, 6) is -2.19. The fourth-order valence-corrected chi connectivity index (χ4v) is 3.10. The van der Waals surface area contributed by atoms with Gasteiger partial charge in [0.25, 0.3) is 5.91 Å². The second-order valence-corrected chi connectivity index (χ2v) is 7.07. The Labute approximate surface area is 205 Å². The van der Waals surface area contributed by atoms with E-state index in [2.05, 4.69) is 15.3 Å². The molecule has 0 aliphatic carbocycles. The number of carbonyl (C=O) groups excluding carboxylic acids is 1. The molecular formula is C22H22Br2N4O4. The molecule has 0 spiro atoms. The van der Waals surface area contributed by atoms with Crippen molar-refractivity contribution in [1.82, 2.24) is 9.97 Å². The molecule has 0 radical (unpaired) electrons. The summed E-state index contributed by atoms with van der Waals surface area (Å²) in [6, 6.07) is 15.7. The summed E-state index contributed by atoms with van der Waals surface area (Å²) >= 11 is 0. The summed E-state index contributed by atoms with van der Waals surface area (Å²) in [7, 11) is 3.96. The predicted molar refractivity (Wildman–Crippen MR) is 136 cm³/mol. The van der Waals surface area contributed by atoms with Gasteiger partial charge in [-0.3, -0.25) is 4.79 Å². The Morgan fingerprint density at radius 2 is 1.56 bits per heavy atom. The van der Waals surface area contributed by atoms with Crippen molar-refractivity contribution >= 4 is 62.3 Å². The lowest BCUT2D eigenvalue weighted by Gasteiger charge is -2.12. The zero-order chi connectivity index (χ0) is 21.4. The van der Waals surface area contributed by atoms with Crippen LogP contribution in [0.25, 0.3) is 22.3 Å². The monoisotopic (exact) mass is 564 g/mol. The van der Waals surface area contributed by atoms with E-state index in [1.54, 1.807) is 6.07 Å². The number of amides is 1. The van der Waals surface area contributed by atoms with Gasteiger partial charge in [-0.25, -0.2) is 4.98 Å². The van der Waals surface area contributed by atoms with Gasteiger partial charge in [-0.1, -0.05) is 12.1 Å². The van der Waals surface area contributed by atoms with Crippen molar-refractivity contribution in [2.24, 2.45) is 0 Å². The molecule has 0 bridgehead atoms. The van der Waals surface area contributed by atoms with Crippen LogP contribution in [0, 0.1) is 0 Å². The summed E-state index contributed by atoms with van der Waals surface area (Å²) < 4.78 is 0. The smallest absolute Gasteiger partial charge is 0.272 e. The number of phenols is 3. The van der Waals surface area contributed by atoms with Crippen LogP contribution >= 0.6 is 34.0 Å². The van der Waals surface area contributed by atoms with Gasteiger partial charge in [0.15, 0.2) is 17.2 Å². The fourth-order valence-electron chi connectivity index (χ4n) is 3.10. The molecular weight excluding hydrogens is 544 g/mol. The van der Waals surface area contributed by atoms with Gasteiger partial charge in [0.1, 0.15) is 5.69 Å². The first kappa shape index (κ1) is 25.0. The zero-order valence-corrected chi connectivity index (χ0v) is 20.6. The molecule has 2 aromatic carbocycles. The number of pyridine rings is 1. The Morgan fingerprint density at radius 1 is 0.938 bits per heavy atom. The van der Waals surface area contributed by atoms with Gasteiger partial charge in [-0.05, 0) is 30.3 Å². The van der Waals surface area contributed by atoms with Gasteiger partial charge in [0.05, 0.1) is 16.7 Å². The number of aromatic amines is 1. The number of nitrogens with one attached hydrogen (secondary N) is 2. The highest BCUT2D eigenvalue weighted by Crippen LogP contribution is 2.37. The maximum absolute atomic E-state index is 12.5. The van der Waals surface area contributed by atoms with Crippen LogP contribution in [0.4, 0.5) is 11.4 Å². The number of anilines is 2. The van der Waals surface area contributed by atoms with E-state index in [9.17, 15) is 20.1 Å². The molecule has 0 aliphatic heterocycles. The van der Waals surface area contributed by atoms with Gasteiger partial charge in [0, 0.05) is 43.2 Å². The number of nitrogens with zero attached hydrogens (tertiary/aromatic N) is 2. The predicted octanol–water partition coefficient (Wildman–Crippen LogP) is 4.82. The Hall–Kier alpha value is -3.24. The lowest BCUT2D eigenvalue weighted by molar-refractivity contribution is 0.102. The number of fused-ring (bicyclic) bond motifs is 1. The SMILES string of the molecule is Br.Br.CN(C)c1ccc(-c2ccc3[nH]c(C(=O)Nc4cc(O)c(O)c(O)c4)cc3n2)cc1. The number of phenolic OH excluding ortho intramolecular Hbond substituents is 3. The topological polar surface area (TPSA) is 122 Å². The molecule has 8 nitrogen and oxygen atoms in total. The van der Waals surface area contributed by atoms with Crippen LogP contribution in [0.15, 0.2) is 54.6 Å². The molecule has 0 atom stereocenters. The molecule has 0 fully saturated rings. The summed E-state index contributed by atoms with van der Waals surface area (Å²) in [6.45, 7) is 0. The largest absolute Gasteiger partial charge is 0.504 e. The molecule has 1 amide bonds. The average Bonchev–Trinajstić information content (AvgIpc) is 3.15. The van der Waals surface area contributed by atoms with Crippen LogP contribution in [-0.4, -0.2) is 45.3 Å². The molecule has 4 aromatic rings. The van der Waals surface area contributed by atoms with Gasteiger partial charge < -0.3 is 30.5 Å². The average molecular weight is 566 g/mol. The first-order chi connectivity index (χ1) is 14.3. The number of rotatable bonds is 4. The molecule has 0 saturated heterocycles. The van der Waals surface area contributed by atoms with Gasteiger partial charge in [-0.15, -0.1) is 34.0 Å². The third kappa shape index (κ3) is 4.97. The molecule has 10 heteroatoms. The minimum absolute atomic E-state index is 0. The Balaban J connectivity index is 0.00000181. The molecule has 0 unspecified atom stereocenters. The van der Waals surface area contributed by atoms with Crippen molar-refractivity contribution in [2.75, 3.05) is 24.3 Å². The molecule has 32 heavy (non-hydrogen) atoms. The highest BCUT2D eigenvalue weighted by atomic mass is 79.9. The summed E-state index contributed by atoms with van der Waals surface area (Å²) in [4.78, 5) is 22.2. The second kappa shape index (κ2) is 9.92. The van der Waals surface area contributed by atoms with E-state index >= 15 is 0 Å². The molecule has 2 aromatic heterocycles. The van der Waals surface area contributed by atoms with Crippen molar-refractivity contribution in [3.05, 3.63) is 60.3 Å². The molecule has 0 saturated carbocycles. The van der Waals surface area contributed by atoms with Crippen molar-refractivity contribution < 1.29 is 20.1 Å². The summed E-state index contributed by atoms with van der Waals surface area (Å²) in [5.41, 5.74) is 4.57. The van der Waals surface area contributed by atoms with Crippen LogP contribution in [0.2, 0.25) is 0 Å². The normalized spacial score (nSPS) is 10.2. The third-order valence-corrected chi connectivity index (χ3v) is 4.73. The van der Waals surface area contributed by atoms with Gasteiger partial charge in [0.2, 0.25) is 0 Å². The number of H-pyrrole nitrogens is 1. The zero-order valence-electron chi connectivity index (χ0n) is 17.2. The number of aromatic nitrogens is 2. The summed E-state index contributed by atoms with van der Waals surface area (Å²) in [6.07, 6.45) is 0. The first-order valence-electron chi connectivity index (χ1n) is 9.15. The molecule has 0 aliphatic rings. The minimum Gasteiger partial charge on any atom is -0.504 e. The fraction of sp³-hybridized carbons (Fsp3) is 0.0909. The van der Waals surface area contributed by atoms with E-state index in [1.807, 2.05) is 55.4 Å². The van der Waals surface area contributed by atoms with Gasteiger partial charge >= 0.3 is 0 Å². The number of benzene rings is 2. The van der Waals surface area contributed by atoms with Crippen LogP contribution in [0.3, 0.4) is 0 Å². The van der Waals surface area contributed by atoms with E-state index in [-0.39, 0.29) is 45.3 Å². The minimum atomic E-state index is -0.644. The maximum atomic E-state index is 12.5. The quantitative estimate of drug-likeness (QED) is 0.179. The van der Waals surface area contributed by atoms with E-state index in [4.69, 9.17) is 0 Å². The lowest BCUT2D eigenvalue weighted by Crippen LogP contribution is -2.12. The number of aromatic hydroxyl groups is 3. The van der Waals surface area contributed by atoms with E-state index in [0.717, 1.165) is 29.1 Å². The van der Waals surface area contributed by atoms with Crippen molar-refractivity contribution in [3.63, 3.8) is 0 Å². The molecule has 168 valence electrons. The lowest BCUT2D eigenvalue weighted by atomic mass is 10.1. The van der Waals surface area contributed by atoms with Crippen LogP contribution in [0.5, 0.6) is 17.2 Å². The van der Waals surface area contributed by atoms with Crippen LogP contribution in [-0.2, 0) is 0 Å². The third-order valence-electron chi connectivity index (χ3n) is 4.73. The maximum Gasteiger partial charge on any atom is 0.272 e. The Morgan fingerprint density at radius 3 is 2.16 bits per heavy atom. The van der Waals surface area contributed by atoms with E-state index < -0.39 is 23.2 Å². The highest BCUT2D eigenvalue weighted by molar-refractivity contribution is 8.93.